The van der Waals surface area contributed by atoms with Crippen molar-refractivity contribution < 1.29 is 14.3 Å². The molecule has 0 unspecified atom stereocenters. The average Bonchev–Trinajstić information content (AvgIpc) is 3.08. The predicted molar refractivity (Wildman–Crippen MR) is 102 cm³/mol. The van der Waals surface area contributed by atoms with E-state index in [-0.39, 0.29) is 6.03 Å². The van der Waals surface area contributed by atoms with Crippen molar-refractivity contribution in [3.8, 4) is 11.5 Å². The molecule has 1 fully saturated rings. The highest BCUT2D eigenvalue weighted by Crippen LogP contribution is 2.29. The maximum atomic E-state index is 12.3. The summed E-state index contributed by atoms with van der Waals surface area (Å²) >= 11 is 0. The highest BCUT2D eigenvalue weighted by atomic mass is 16.5. The zero-order chi connectivity index (χ0) is 18.4. The highest BCUT2D eigenvalue weighted by Gasteiger charge is 2.20. The molecule has 0 atom stereocenters. The first-order chi connectivity index (χ1) is 12.7. The fraction of sp³-hybridized carbons (Fsp3) is 0.300. The summed E-state index contributed by atoms with van der Waals surface area (Å²) in [6, 6.07) is 15.0. The number of aliphatic imine (C=N–C) groups is 1. The van der Waals surface area contributed by atoms with Gasteiger partial charge < -0.3 is 19.7 Å². The van der Waals surface area contributed by atoms with Gasteiger partial charge in [0.2, 0.25) is 0 Å². The summed E-state index contributed by atoms with van der Waals surface area (Å²) in [5.74, 6) is 2.00. The van der Waals surface area contributed by atoms with Gasteiger partial charge in [-0.25, -0.2) is 4.79 Å². The number of benzene rings is 2. The molecule has 1 saturated heterocycles. The number of rotatable bonds is 5. The fourth-order valence-corrected chi connectivity index (χ4v) is 3.00. The van der Waals surface area contributed by atoms with Crippen LogP contribution in [0.25, 0.3) is 0 Å². The van der Waals surface area contributed by atoms with Gasteiger partial charge in [-0.05, 0) is 24.1 Å². The molecule has 2 aromatic carbocycles. The number of carbonyl (C=O) groups excluding carboxylic acids is 1. The van der Waals surface area contributed by atoms with Gasteiger partial charge in [0.1, 0.15) is 5.84 Å². The van der Waals surface area contributed by atoms with Crippen molar-refractivity contribution >= 4 is 17.6 Å². The van der Waals surface area contributed by atoms with Crippen molar-refractivity contribution in [2.45, 2.75) is 19.4 Å². The third kappa shape index (κ3) is 4.33. The highest BCUT2D eigenvalue weighted by molar-refractivity contribution is 6.00. The zero-order valence-electron chi connectivity index (χ0n) is 15.1. The Morgan fingerprint density at radius 3 is 2.62 bits per heavy atom. The number of methoxy groups -OCH3 is 2. The van der Waals surface area contributed by atoms with Gasteiger partial charge in [-0.3, -0.25) is 0 Å². The lowest BCUT2D eigenvalue weighted by Crippen LogP contribution is -2.26. The van der Waals surface area contributed by atoms with Gasteiger partial charge >= 0.3 is 6.03 Å². The van der Waals surface area contributed by atoms with Crippen molar-refractivity contribution in [3.05, 3.63) is 54.1 Å². The fourth-order valence-electron chi connectivity index (χ4n) is 3.00. The van der Waals surface area contributed by atoms with Crippen molar-refractivity contribution in [2.24, 2.45) is 4.99 Å². The molecule has 1 aliphatic heterocycles. The molecule has 1 N–H and O–H groups in total. The quantitative estimate of drug-likeness (QED) is 0.885. The Balaban J connectivity index is 1.67. The van der Waals surface area contributed by atoms with Crippen LogP contribution in [0.5, 0.6) is 11.5 Å². The lowest BCUT2D eigenvalue weighted by atomic mass is 10.2. The van der Waals surface area contributed by atoms with Gasteiger partial charge in [-0.1, -0.05) is 30.3 Å². The summed E-state index contributed by atoms with van der Waals surface area (Å²) in [7, 11) is 3.13. The third-order valence-electron chi connectivity index (χ3n) is 4.28. The van der Waals surface area contributed by atoms with Crippen LogP contribution in [0.1, 0.15) is 18.4 Å². The Hall–Kier alpha value is -3.02. The normalized spacial score (nSPS) is 15.2. The molecule has 2 aromatic rings. The number of urea groups is 1. The van der Waals surface area contributed by atoms with Crippen LogP contribution in [0.3, 0.4) is 0 Å². The second-order valence-corrected chi connectivity index (χ2v) is 6.04. The first-order valence-electron chi connectivity index (χ1n) is 8.59. The molecule has 1 heterocycles. The van der Waals surface area contributed by atoms with Crippen LogP contribution >= 0.6 is 0 Å². The van der Waals surface area contributed by atoms with Gasteiger partial charge in [0, 0.05) is 31.3 Å². The molecule has 26 heavy (non-hydrogen) atoms. The zero-order valence-corrected chi connectivity index (χ0v) is 15.1. The lowest BCUT2D eigenvalue weighted by Gasteiger charge is -2.18. The Bertz CT molecular complexity index is 790. The molecule has 0 saturated carbocycles. The number of nitrogens with zero attached hydrogens (tertiary/aromatic N) is 2. The molecule has 6 heteroatoms. The topological polar surface area (TPSA) is 63.2 Å². The van der Waals surface area contributed by atoms with E-state index in [1.807, 2.05) is 18.2 Å². The van der Waals surface area contributed by atoms with Crippen LogP contribution < -0.4 is 14.8 Å². The molecule has 2 amide bonds. The number of carbonyl (C=O) groups is 1. The van der Waals surface area contributed by atoms with E-state index >= 15 is 0 Å². The first kappa shape index (κ1) is 17.8. The maximum absolute atomic E-state index is 12.3. The minimum Gasteiger partial charge on any atom is -0.493 e. The summed E-state index contributed by atoms with van der Waals surface area (Å²) in [6.45, 7) is 1.68. The standard InChI is InChI=1S/C20H23N3O3/c1-25-17-11-10-16(13-18(17)26-2)21-20(24)22-19-9-6-12-23(19)14-15-7-4-3-5-8-15/h3-5,7-8,10-11,13H,6,9,12,14H2,1-2H3,(H,21,24)/b22-19-. The minimum absolute atomic E-state index is 0.382. The summed E-state index contributed by atoms with van der Waals surface area (Å²) < 4.78 is 10.5. The van der Waals surface area contributed by atoms with Gasteiger partial charge in [0.15, 0.2) is 11.5 Å². The van der Waals surface area contributed by atoms with E-state index in [9.17, 15) is 4.79 Å². The summed E-state index contributed by atoms with van der Waals surface area (Å²) in [4.78, 5) is 18.7. The van der Waals surface area contributed by atoms with E-state index in [0.29, 0.717) is 17.2 Å². The molecule has 3 rings (SSSR count). The largest absolute Gasteiger partial charge is 0.493 e. The Labute approximate surface area is 153 Å². The Kier molecular flexibility index (Phi) is 5.73. The molecule has 0 bridgehead atoms. The van der Waals surface area contributed by atoms with E-state index in [0.717, 1.165) is 31.8 Å². The van der Waals surface area contributed by atoms with Gasteiger partial charge in [0.05, 0.1) is 14.2 Å². The SMILES string of the molecule is COc1ccc(NC(=O)/N=C2/CCCN2Cc2ccccc2)cc1OC. The number of nitrogens with one attached hydrogen (secondary N) is 1. The molecular weight excluding hydrogens is 330 g/mol. The maximum Gasteiger partial charge on any atom is 0.347 e. The molecule has 0 spiro atoms. The number of anilines is 1. The van der Waals surface area contributed by atoms with Crippen molar-refractivity contribution in [3.63, 3.8) is 0 Å². The van der Waals surface area contributed by atoms with Gasteiger partial charge in [-0.15, -0.1) is 0 Å². The molecule has 0 aromatic heterocycles. The number of hydrogen-bond donors (Lipinski definition) is 1. The van der Waals surface area contributed by atoms with E-state index in [4.69, 9.17) is 9.47 Å². The molecule has 136 valence electrons. The predicted octanol–water partition coefficient (Wildman–Crippen LogP) is 3.93. The monoisotopic (exact) mass is 353 g/mol. The second kappa shape index (κ2) is 8.38. The van der Waals surface area contributed by atoms with Gasteiger partial charge in [-0.2, -0.15) is 4.99 Å². The summed E-state index contributed by atoms with van der Waals surface area (Å²) in [6.07, 6.45) is 1.82. The number of amidine groups is 1. The first-order valence-corrected chi connectivity index (χ1v) is 8.59. The van der Waals surface area contributed by atoms with Crippen molar-refractivity contribution in [1.29, 1.82) is 0 Å². The minimum atomic E-state index is -0.382. The van der Waals surface area contributed by atoms with E-state index in [1.54, 1.807) is 32.4 Å². The molecule has 6 nitrogen and oxygen atoms in total. The number of amides is 2. The van der Waals surface area contributed by atoms with Crippen LogP contribution in [-0.4, -0.2) is 37.5 Å². The number of ether oxygens (including phenoxy) is 2. The van der Waals surface area contributed by atoms with Crippen LogP contribution in [0, 0.1) is 0 Å². The molecule has 0 aliphatic carbocycles. The number of likely N-dealkylation sites (tertiary alicyclic amines) is 1. The smallest absolute Gasteiger partial charge is 0.347 e. The van der Waals surface area contributed by atoms with Crippen LogP contribution in [-0.2, 0) is 6.54 Å². The van der Waals surface area contributed by atoms with Crippen molar-refractivity contribution in [1.82, 2.24) is 4.90 Å². The summed E-state index contributed by atoms with van der Waals surface area (Å²) in [5.41, 5.74) is 1.83. The lowest BCUT2D eigenvalue weighted by molar-refractivity contribution is 0.259. The molecular formula is C20H23N3O3. The third-order valence-corrected chi connectivity index (χ3v) is 4.28. The summed E-state index contributed by atoms with van der Waals surface area (Å²) in [5, 5.41) is 2.79. The van der Waals surface area contributed by atoms with E-state index < -0.39 is 0 Å². The van der Waals surface area contributed by atoms with Crippen LogP contribution in [0.4, 0.5) is 10.5 Å². The van der Waals surface area contributed by atoms with Gasteiger partial charge in [0.25, 0.3) is 0 Å². The number of hydrogen-bond acceptors (Lipinski definition) is 3. The van der Waals surface area contributed by atoms with Crippen molar-refractivity contribution in [2.75, 3.05) is 26.1 Å². The Morgan fingerprint density at radius 1 is 1.12 bits per heavy atom. The van der Waals surface area contributed by atoms with E-state index in [2.05, 4.69) is 27.3 Å². The molecule has 0 radical (unpaired) electrons. The van der Waals surface area contributed by atoms with Crippen LogP contribution in [0.15, 0.2) is 53.5 Å². The average molecular weight is 353 g/mol. The van der Waals surface area contributed by atoms with Crippen LogP contribution in [0.2, 0.25) is 0 Å². The molecule has 1 aliphatic rings. The van der Waals surface area contributed by atoms with E-state index in [1.165, 1.54) is 5.56 Å². The Morgan fingerprint density at radius 2 is 1.88 bits per heavy atom. The second-order valence-electron chi connectivity index (χ2n) is 6.04.